The number of carbonyl (C=O) groups is 1. The van der Waals surface area contributed by atoms with Crippen molar-refractivity contribution in [1.82, 2.24) is 4.90 Å². The summed E-state index contributed by atoms with van der Waals surface area (Å²) in [7, 11) is 1.98. The molecule has 1 fully saturated rings. The molecule has 1 atom stereocenters. The van der Waals surface area contributed by atoms with Crippen molar-refractivity contribution in [1.29, 1.82) is 0 Å². The molecule has 0 aromatic carbocycles. The zero-order chi connectivity index (χ0) is 11.8. The summed E-state index contributed by atoms with van der Waals surface area (Å²) in [5, 5.41) is 0. The molecule has 0 bridgehead atoms. The van der Waals surface area contributed by atoms with Gasteiger partial charge in [-0.25, -0.2) is 4.99 Å². The van der Waals surface area contributed by atoms with Gasteiger partial charge in [0, 0.05) is 32.6 Å². The van der Waals surface area contributed by atoms with Gasteiger partial charge in [-0.2, -0.15) is 0 Å². The molecular formula is C11H17BrN2O2. The van der Waals surface area contributed by atoms with Gasteiger partial charge in [-0.05, 0) is 35.2 Å². The molecule has 0 radical (unpaired) electrons. The second kappa shape index (κ2) is 7.57. The van der Waals surface area contributed by atoms with Crippen LogP contribution in [-0.2, 0) is 9.53 Å². The molecule has 1 aliphatic heterocycles. The maximum Gasteiger partial charge on any atom is 0.232 e. The van der Waals surface area contributed by atoms with Gasteiger partial charge < -0.3 is 9.64 Å². The summed E-state index contributed by atoms with van der Waals surface area (Å²) in [5.74, 6) is 0. The van der Waals surface area contributed by atoms with Gasteiger partial charge in [0.25, 0.3) is 0 Å². The van der Waals surface area contributed by atoms with Gasteiger partial charge in [-0.3, -0.25) is 4.79 Å². The molecule has 0 saturated carbocycles. The highest BCUT2D eigenvalue weighted by atomic mass is 79.9. The number of nitrogens with zero attached hydrogens (tertiary/aromatic N) is 2. The normalized spacial score (nSPS) is 22.4. The van der Waals surface area contributed by atoms with Crippen LogP contribution in [0.4, 0.5) is 0 Å². The number of ether oxygens (including phenoxy) is 1. The van der Waals surface area contributed by atoms with Crippen LogP contribution < -0.4 is 0 Å². The van der Waals surface area contributed by atoms with Crippen LogP contribution in [0.15, 0.2) is 15.7 Å². The Labute approximate surface area is 104 Å². The van der Waals surface area contributed by atoms with Gasteiger partial charge in [-0.1, -0.05) is 0 Å². The van der Waals surface area contributed by atoms with Crippen molar-refractivity contribution in [3.63, 3.8) is 0 Å². The molecule has 0 N–H and O–H groups in total. The van der Waals surface area contributed by atoms with E-state index in [1.165, 1.54) is 19.1 Å². The molecule has 1 saturated heterocycles. The average Bonchev–Trinajstić information content (AvgIpc) is 2.27. The Balaban J connectivity index is 2.35. The fourth-order valence-electron chi connectivity index (χ4n) is 1.67. The van der Waals surface area contributed by atoms with Crippen LogP contribution in [0.1, 0.15) is 19.3 Å². The first-order valence-electron chi connectivity index (χ1n) is 5.38. The third kappa shape index (κ3) is 5.42. The third-order valence-corrected chi connectivity index (χ3v) is 2.78. The molecule has 0 aromatic rings. The van der Waals surface area contributed by atoms with Gasteiger partial charge in [0.05, 0.1) is 10.6 Å². The average molecular weight is 289 g/mol. The molecule has 5 heteroatoms. The lowest BCUT2D eigenvalue weighted by Gasteiger charge is -2.26. The molecule has 4 nitrogen and oxygen atoms in total. The van der Waals surface area contributed by atoms with Gasteiger partial charge in [0.15, 0.2) is 0 Å². The maximum atomic E-state index is 10.0. The molecular weight excluding hydrogens is 272 g/mol. The smallest absolute Gasteiger partial charge is 0.232 e. The number of allylic oxidation sites excluding steroid dienone is 1. The number of likely N-dealkylation sites (N-methyl/N-ethyl adjacent to an activating group) is 1. The predicted octanol–water partition coefficient (Wildman–Crippen LogP) is 1.95. The molecule has 90 valence electrons. The number of amides is 1. The number of carbonyl (C=O) groups excluding carboxylic acids is 1. The molecule has 0 aromatic heterocycles. The molecule has 0 aliphatic carbocycles. The minimum Gasteiger partial charge on any atom is -0.377 e. The first-order valence-corrected chi connectivity index (χ1v) is 6.17. The van der Waals surface area contributed by atoms with E-state index in [-0.39, 0.29) is 0 Å². The summed E-state index contributed by atoms with van der Waals surface area (Å²) >= 11 is 3.31. The molecule has 1 aliphatic rings. The summed E-state index contributed by atoms with van der Waals surface area (Å²) in [6, 6.07) is 0. The Kier molecular flexibility index (Phi) is 6.33. The molecule has 1 unspecified atom stereocenters. The predicted molar refractivity (Wildman–Crippen MR) is 67.8 cm³/mol. The van der Waals surface area contributed by atoms with E-state index in [9.17, 15) is 4.79 Å². The second-order valence-corrected chi connectivity index (χ2v) is 4.74. The number of hydrogen-bond acceptors (Lipinski definition) is 3. The summed E-state index contributed by atoms with van der Waals surface area (Å²) in [6.07, 6.45) is 7.74. The van der Waals surface area contributed by atoms with Crippen LogP contribution in [0.25, 0.3) is 0 Å². The van der Waals surface area contributed by atoms with Crippen molar-refractivity contribution in [2.24, 2.45) is 4.99 Å². The first kappa shape index (κ1) is 13.4. The maximum absolute atomic E-state index is 10.0. The van der Waals surface area contributed by atoms with Crippen LogP contribution in [0.3, 0.4) is 0 Å². The van der Waals surface area contributed by atoms with Crippen LogP contribution in [0.2, 0.25) is 0 Å². The largest absolute Gasteiger partial charge is 0.377 e. The summed E-state index contributed by atoms with van der Waals surface area (Å²) in [4.78, 5) is 15.6. The minimum absolute atomic E-state index is 0.318. The fraction of sp³-hybridized carbons (Fsp3) is 0.636. The lowest BCUT2D eigenvalue weighted by atomic mass is 10.1. The summed E-state index contributed by atoms with van der Waals surface area (Å²) in [5.41, 5.74) is 0. The molecule has 1 amide bonds. The lowest BCUT2D eigenvalue weighted by molar-refractivity contribution is -0.106. The number of hydrogen-bond donors (Lipinski definition) is 0. The zero-order valence-electron chi connectivity index (χ0n) is 9.43. The number of aliphatic imine (C=N–C) groups is 1. The van der Waals surface area contributed by atoms with Crippen molar-refractivity contribution in [3.8, 4) is 0 Å². The van der Waals surface area contributed by atoms with Crippen molar-refractivity contribution >= 4 is 28.6 Å². The minimum atomic E-state index is 0.318. The molecule has 1 rings (SSSR count). The fourth-order valence-corrected chi connectivity index (χ4v) is 2.14. The van der Waals surface area contributed by atoms with E-state index in [0.29, 0.717) is 12.5 Å². The van der Waals surface area contributed by atoms with E-state index >= 15 is 0 Å². The Hall–Kier alpha value is -0.680. The topological polar surface area (TPSA) is 41.9 Å². The van der Waals surface area contributed by atoms with Crippen LogP contribution in [-0.4, -0.2) is 43.8 Å². The van der Waals surface area contributed by atoms with E-state index in [1.807, 2.05) is 18.1 Å². The van der Waals surface area contributed by atoms with E-state index in [2.05, 4.69) is 20.9 Å². The van der Waals surface area contributed by atoms with Gasteiger partial charge in [0.2, 0.25) is 6.41 Å². The van der Waals surface area contributed by atoms with Crippen LogP contribution in [0, 0.1) is 0 Å². The first-order chi connectivity index (χ1) is 7.72. The van der Waals surface area contributed by atoms with E-state index in [4.69, 9.17) is 4.74 Å². The quantitative estimate of drug-likeness (QED) is 0.574. The Morgan fingerprint density at radius 1 is 1.62 bits per heavy atom. The van der Waals surface area contributed by atoms with Crippen LogP contribution in [0.5, 0.6) is 0 Å². The molecule has 0 spiro atoms. The summed E-state index contributed by atoms with van der Waals surface area (Å²) in [6.45, 7) is 1.74. The Bertz CT molecular complexity index is 273. The van der Waals surface area contributed by atoms with Crippen molar-refractivity contribution in [2.45, 2.75) is 25.4 Å². The SMILES string of the molecule is CN(/C=C(Br)\C=N/C=O)CC1CCCCO1. The number of halogens is 1. The van der Waals surface area contributed by atoms with Crippen LogP contribution >= 0.6 is 15.9 Å². The standard InChI is InChI=1S/C11H17BrN2O2/c1-14(7-10(12)6-13-9-15)8-11-4-2-3-5-16-11/h6-7,9,11H,2-5,8H2,1H3/b10-7+,13-6-. The Morgan fingerprint density at radius 2 is 2.44 bits per heavy atom. The second-order valence-electron chi connectivity index (χ2n) is 3.83. The van der Waals surface area contributed by atoms with Crippen molar-refractivity contribution in [2.75, 3.05) is 20.2 Å². The van der Waals surface area contributed by atoms with Gasteiger partial charge in [-0.15, -0.1) is 0 Å². The number of rotatable bonds is 5. The molecule has 16 heavy (non-hydrogen) atoms. The zero-order valence-corrected chi connectivity index (χ0v) is 11.0. The monoisotopic (exact) mass is 288 g/mol. The van der Waals surface area contributed by atoms with E-state index in [0.717, 1.165) is 24.1 Å². The molecule has 1 heterocycles. The van der Waals surface area contributed by atoms with Gasteiger partial charge in [0.1, 0.15) is 0 Å². The van der Waals surface area contributed by atoms with E-state index < -0.39 is 0 Å². The highest BCUT2D eigenvalue weighted by Crippen LogP contribution is 2.14. The Morgan fingerprint density at radius 3 is 3.06 bits per heavy atom. The highest BCUT2D eigenvalue weighted by molar-refractivity contribution is 9.12. The third-order valence-electron chi connectivity index (χ3n) is 2.37. The van der Waals surface area contributed by atoms with Gasteiger partial charge >= 0.3 is 0 Å². The van der Waals surface area contributed by atoms with E-state index in [1.54, 1.807) is 0 Å². The van der Waals surface area contributed by atoms with Crippen molar-refractivity contribution < 1.29 is 9.53 Å². The van der Waals surface area contributed by atoms with Crippen molar-refractivity contribution in [3.05, 3.63) is 10.7 Å². The summed E-state index contributed by atoms with van der Waals surface area (Å²) < 4.78 is 6.41. The highest BCUT2D eigenvalue weighted by Gasteiger charge is 2.14. The lowest BCUT2D eigenvalue weighted by Crippen LogP contribution is -2.30.